The molecule has 0 aliphatic heterocycles. The summed E-state index contributed by atoms with van der Waals surface area (Å²) in [6.45, 7) is 3.96. The topological polar surface area (TPSA) is 58.2 Å². The van der Waals surface area contributed by atoms with Crippen LogP contribution < -0.4 is 10.0 Å². The van der Waals surface area contributed by atoms with E-state index in [9.17, 15) is 8.42 Å². The lowest BCUT2D eigenvalue weighted by atomic mass is 9.90. The summed E-state index contributed by atoms with van der Waals surface area (Å²) in [6, 6.07) is 0. The first-order valence-corrected chi connectivity index (χ1v) is 7.97. The first kappa shape index (κ1) is 13.9. The summed E-state index contributed by atoms with van der Waals surface area (Å²) < 4.78 is 25.9. The Bertz CT molecular complexity index is 272. The van der Waals surface area contributed by atoms with Gasteiger partial charge in [0.15, 0.2) is 0 Å². The molecule has 1 aliphatic rings. The van der Waals surface area contributed by atoms with E-state index in [1.165, 1.54) is 32.1 Å². The zero-order valence-corrected chi connectivity index (χ0v) is 11.0. The molecule has 1 saturated carbocycles. The third-order valence-corrected chi connectivity index (χ3v) is 4.46. The Balaban J connectivity index is 2.18. The Morgan fingerprint density at radius 3 is 2.50 bits per heavy atom. The summed E-state index contributed by atoms with van der Waals surface area (Å²) in [4.78, 5) is 0. The van der Waals surface area contributed by atoms with Crippen molar-refractivity contribution in [1.29, 1.82) is 0 Å². The molecule has 1 fully saturated rings. The number of sulfonamides is 1. The first-order chi connectivity index (χ1) is 7.64. The van der Waals surface area contributed by atoms with Crippen LogP contribution in [0.2, 0.25) is 0 Å². The number of nitrogens with one attached hydrogen (secondary N) is 2. The summed E-state index contributed by atoms with van der Waals surface area (Å²) in [5.74, 6) is 0.746. The SMILES string of the molecule is CCNCCS(=O)(=O)NCC1CCCCC1. The van der Waals surface area contributed by atoms with Crippen molar-refractivity contribution in [2.45, 2.75) is 39.0 Å². The molecule has 1 rings (SSSR count). The summed E-state index contributed by atoms with van der Waals surface area (Å²) in [6.07, 6.45) is 6.17. The monoisotopic (exact) mass is 248 g/mol. The van der Waals surface area contributed by atoms with Crippen LogP contribution in [0.25, 0.3) is 0 Å². The predicted molar refractivity (Wildman–Crippen MR) is 66.9 cm³/mol. The van der Waals surface area contributed by atoms with Gasteiger partial charge in [0.1, 0.15) is 0 Å². The summed E-state index contributed by atoms with van der Waals surface area (Å²) in [5, 5.41) is 3.02. The van der Waals surface area contributed by atoms with Gasteiger partial charge in [-0.15, -0.1) is 0 Å². The van der Waals surface area contributed by atoms with Gasteiger partial charge in [-0.05, 0) is 25.3 Å². The molecule has 96 valence electrons. The molecule has 1 aliphatic carbocycles. The van der Waals surface area contributed by atoms with E-state index < -0.39 is 10.0 Å². The van der Waals surface area contributed by atoms with Crippen LogP contribution in [0, 0.1) is 5.92 Å². The molecule has 5 heteroatoms. The summed E-state index contributed by atoms with van der Waals surface area (Å²) >= 11 is 0. The second kappa shape index (κ2) is 7.25. The highest BCUT2D eigenvalue weighted by molar-refractivity contribution is 7.89. The Morgan fingerprint density at radius 1 is 1.19 bits per heavy atom. The first-order valence-electron chi connectivity index (χ1n) is 6.32. The van der Waals surface area contributed by atoms with E-state index in [1.54, 1.807) is 0 Å². The van der Waals surface area contributed by atoms with Crippen LogP contribution in [-0.2, 0) is 10.0 Å². The number of rotatable bonds is 7. The van der Waals surface area contributed by atoms with E-state index in [0.29, 0.717) is 19.0 Å². The van der Waals surface area contributed by atoms with E-state index in [-0.39, 0.29) is 5.75 Å². The van der Waals surface area contributed by atoms with Crippen molar-refractivity contribution in [2.75, 3.05) is 25.4 Å². The maximum atomic E-state index is 11.6. The fraction of sp³-hybridized carbons (Fsp3) is 1.00. The molecule has 16 heavy (non-hydrogen) atoms. The third-order valence-electron chi connectivity index (χ3n) is 3.11. The van der Waals surface area contributed by atoms with Gasteiger partial charge in [-0.25, -0.2) is 13.1 Å². The van der Waals surface area contributed by atoms with Crippen molar-refractivity contribution in [2.24, 2.45) is 5.92 Å². The Labute approximate surface area is 99.2 Å². The molecule has 0 unspecified atom stereocenters. The molecule has 0 atom stereocenters. The van der Waals surface area contributed by atoms with Crippen molar-refractivity contribution in [3.63, 3.8) is 0 Å². The highest BCUT2D eigenvalue weighted by Gasteiger charge is 2.16. The van der Waals surface area contributed by atoms with Crippen molar-refractivity contribution in [3.05, 3.63) is 0 Å². The van der Waals surface area contributed by atoms with Gasteiger partial charge in [0.2, 0.25) is 10.0 Å². The highest BCUT2D eigenvalue weighted by Crippen LogP contribution is 2.22. The lowest BCUT2D eigenvalue weighted by Crippen LogP contribution is -2.35. The summed E-state index contributed by atoms with van der Waals surface area (Å²) in [7, 11) is -3.07. The molecular weight excluding hydrogens is 224 g/mol. The van der Waals surface area contributed by atoms with Gasteiger partial charge >= 0.3 is 0 Å². The van der Waals surface area contributed by atoms with E-state index in [2.05, 4.69) is 10.0 Å². The lowest BCUT2D eigenvalue weighted by Gasteiger charge is -2.21. The van der Waals surface area contributed by atoms with Gasteiger partial charge in [0.25, 0.3) is 0 Å². The standard InChI is InChI=1S/C11H24N2O2S/c1-2-12-8-9-16(14,15)13-10-11-6-4-3-5-7-11/h11-13H,2-10H2,1H3. The van der Waals surface area contributed by atoms with E-state index >= 15 is 0 Å². The minimum atomic E-state index is -3.07. The van der Waals surface area contributed by atoms with Crippen molar-refractivity contribution < 1.29 is 8.42 Å². The van der Waals surface area contributed by atoms with E-state index in [1.807, 2.05) is 6.92 Å². The fourth-order valence-corrected chi connectivity index (χ4v) is 3.14. The van der Waals surface area contributed by atoms with E-state index in [0.717, 1.165) is 6.54 Å². The zero-order chi connectivity index (χ0) is 11.9. The number of hydrogen-bond acceptors (Lipinski definition) is 3. The van der Waals surface area contributed by atoms with Gasteiger partial charge in [0, 0.05) is 13.1 Å². The summed E-state index contributed by atoms with van der Waals surface area (Å²) in [5.41, 5.74) is 0. The van der Waals surface area contributed by atoms with Crippen LogP contribution in [0.5, 0.6) is 0 Å². The van der Waals surface area contributed by atoms with Gasteiger partial charge in [-0.3, -0.25) is 0 Å². The number of hydrogen-bond donors (Lipinski definition) is 2. The maximum absolute atomic E-state index is 11.6. The van der Waals surface area contributed by atoms with Gasteiger partial charge in [0.05, 0.1) is 5.75 Å². The Hall–Kier alpha value is -0.130. The zero-order valence-electron chi connectivity index (χ0n) is 10.2. The molecule has 2 N–H and O–H groups in total. The average Bonchev–Trinajstić information content (AvgIpc) is 2.28. The molecule has 0 aromatic rings. The smallest absolute Gasteiger partial charge is 0.212 e. The van der Waals surface area contributed by atoms with Gasteiger partial charge in [-0.1, -0.05) is 26.2 Å². The molecule has 0 aromatic heterocycles. The molecule has 0 radical (unpaired) electrons. The molecule has 0 heterocycles. The Kier molecular flexibility index (Phi) is 6.31. The third kappa shape index (κ3) is 5.82. The second-order valence-corrected chi connectivity index (χ2v) is 6.45. The van der Waals surface area contributed by atoms with Crippen LogP contribution >= 0.6 is 0 Å². The van der Waals surface area contributed by atoms with E-state index in [4.69, 9.17) is 0 Å². The van der Waals surface area contributed by atoms with Crippen LogP contribution in [0.4, 0.5) is 0 Å². The molecule has 4 nitrogen and oxygen atoms in total. The van der Waals surface area contributed by atoms with Crippen molar-refractivity contribution in [1.82, 2.24) is 10.0 Å². The minimum absolute atomic E-state index is 0.188. The van der Waals surface area contributed by atoms with Crippen LogP contribution in [-0.4, -0.2) is 33.8 Å². The highest BCUT2D eigenvalue weighted by atomic mass is 32.2. The van der Waals surface area contributed by atoms with Crippen LogP contribution in [0.15, 0.2) is 0 Å². The average molecular weight is 248 g/mol. The largest absolute Gasteiger partial charge is 0.316 e. The van der Waals surface area contributed by atoms with Crippen LogP contribution in [0.1, 0.15) is 39.0 Å². The lowest BCUT2D eigenvalue weighted by molar-refractivity contribution is 0.357. The quantitative estimate of drug-likeness (QED) is 0.663. The minimum Gasteiger partial charge on any atom is -0.316 e. The molecule has 0 aromatic carbocycles. The van der Waals surface area contributed by atoms with Crippen molar-refractivity contribution in [3.8, 4) is 0 Å². The van der Waals surface area contributed by atoms with Gasteiger partial charge in [-0.2, -0.15) is 0 Å². The molecule has 0 saturated heterocycles. The second-order valence-electron chi connectivity index (χ2n) is 4.52. The van der Waals surface area contributed by atoms with Gasteiger partial charge < -0.3 is 5.32 Å². The fourth-order valence-electron chi connectivity index (χ4n) is 2.09. The van der Waals surface area contributed by atoms with Crippen molar-refractivity contribution >= 4 is 10.0 Å². The normalized spacial score (nSPS) is 18.8. The maximum Gasteiger partial charge on any atom is 0.212 e. The Morgan fingerprint density at radius 2 is 1.88 bits per heavy atom. The predicted octanol–water partition coefficient (Wildman–Crippen LogP) is 1.10. The van der Waals surface area contributed by atoms with Crippen LogP contribution in [0.3, 0.4) is 0 Å². The molecule has 0 bridgehead atoms. The molecule has 0 amide bonds. The molecule has 0 spiro atoms. The molecular formula is C11H24N2O2S.